The maximum absolute atomic E-state index is 12.6. The van der Waals surface area contributed by atoms with Gasteiger partial charge in [0, 0.05) is 5.69 Å². The summed E-state index contributed by atoms with van der Waals surface area (Å²) >= 11 is 0. The van der Waals surface area contributed by atoms with Gasteiger partial charge in [0.25, 0.3) is 0 Å². The molecule has 1 aromatic carbocycles. The summed E-state index contributed by atoms with van der Waals surface area (Å²) in [6, 6.07) is 6.81. The summed E-state index contributed by atoms with van der Waals surface area (Å²) in [4.78, 5) is 12.6. The van der Waals surface area contributed by atoms with E-state index in [-0.39, 0.29) is 12.1 Å². The van der Waals surface area contributed by atoms with Crippen LogP contribution in [0.5, 0.6) is 0 Å². The lowest BCUT2D eigenvalue weighted by Crippen LogP contribution is -2.53. The summed E-state index contributed by atoms with van der Waals surface area (Å²) in [5.74, 6) is -1.47. The highest BCUT2D eigenvalue weighted by Gasteiger charge is 2.58. The maximum Gasteiger partial charge on any atom is 0.319 e. The number of hydrogen-bond acceptors (Lipinski definition) is 6. The Hall–Kier alpha value is -1.71. The molecule has 3 aliphatic heterocycles. The van der Waals surface area contributed by atoms with Crippen molar-refractivity contribution < 1.29 is 28.5 Å². The van der Waals surface area contributed by atoms with Gasteiger partial charge in [-0.25, -0.2) is 4.79 Å². The van der Waals surface area contributed by atoms with Crippen molar-refractivity contribution in [3.05, 3.63) is 29.8 Å². The van der Waals surface area contributed by atoms with E-state index in [9.17, 15) is 4.79 Å². The molecule has 2 N–H and O–H groups in total. The molecule has 0 saturated carbocycles. The van der Waals surface area contributed by atoms with E-state index in [1.54, 1.807) is 0 Å². The maximum atomic E-state index is 12.6. The van der Waals surface area contributed by atoms with E-state index in [0.717, 1.165) is 5.56 Å². The Labute approximate surface area is 164 Å². The number of carbonyl (C=O) groups excluding carboxylic acids is 1. The summed E-state index contributed by atoms with van der Waals surface area (Å²) in [6.07, 6.45) is -1.79. The van der Waals surface area contributed by atoms with E-state index >= 15 is 0 Å². The van der Waals surface area contributed by atoms with Gasteiger partial charge in [-0.15, -0.1) is 0 Å². The number of rotatable bonds is 3. The zero-order chi connectivity index (χ0) is 20.1. The monoisotopic (exact) mass is 392 g/mol. The largest absolute Gasteiger partial charge is 0.348 e. The van der Waals surface area contributed by atoms with Crippen molar-refractivity contribution in [1.82, 2.24) is 5.32 Å². The molecule has 3 fully saturated rings. The van der Waals surface area contributed by atoms with Crippen LogP contribution >= 0.6 is 0 Å². The lowest BCUT2D eigenvalue weighted by Gasteiger charge is -2.29. The fourth-order valence-corrected chi connectivity index (χ4v) is 3.85. The van der Waals surface area contributed by atoms with Crippen molar-refractivity contribution in [1.29, 1.82) is 0 Å². The van der Waals surface area contributed by atoms with Crippen molar-refractivity contribution in [3.63, 3.8) is 0 Å². The zero-order valence-electron chi connectivity index (χ0n) is 16.9. The lowest BCUT2D eigenvalue weighted by molar-refractivity contribution is -0.223. The second-order valence-corrected chi connectivity index (χ2v) is 8.43. The van der Waals surface area contributed by atoms with Crippen LogP contribution in [0.15, 0.2) is 24.3 Å². The normalized spacial score (nSPS) is 35.5. The molecular formula is C20H28N2O6. The second-order valence-electron chi connectivity index (χ2n) is 8.43. The highest BCUT2D eigenvalue weighted by Crippen LogP contribution is 2.40. The van der Waals surface area contributed by atoms with E-state index in [1.165, 1.54) is 0 Å². The van der Waals surface area contributed by atoms with Gasteiger partial charge in [0.15, 0.2) is 17.9 Å². The molecule has 5 atom stereocenters. The topological polar surface area (TPSA) is 87.3 Å². The van der Waals surface area contributed by atoms with Crippen molar-refractivity contribution in [2.24, 2.45) is 0 Å². The number of carbonyl (C=O) groups is 1. The number of hydrogen-bond donors (Lipinski definition) is 2. The number of nitrogens with one attached hydrogen (secondary N) is 2. The predicted octanol–water partition coefficient (Wildman–Crippen LogP) is 2.51. The van der Waals surface area contributed by atoms with E-state index in [0.29, 0.717) is 12.3 Å². The number of anilines is 1. The fourth-order valence-electron chi connectivity index (χ4n) is 3.85. The molecule has 0 unspecified atom stereocenters. The number of urea groups is 1. The van der Waals surface area contributed by atoms with Crippen LogP contribution < -0.4 is 10.6 Å². The highest BCUT2D eigenvalue weighted by molar-refractivity contribution is 5.89. The van der Waals surface area contributed by atoms with Crippen molar-refractivity contribution >= 4 is 11.7 Å². The van der Waals surface area contributed by atoms with Gasteiger partial charge >= 0.3 is 6.03 Å². The van der Waals surface area contributed by atoms with Crippen molar-refractivity contribution in [2.45, 2.75) is 76.8 Å². The molecule has 3 saturated heterocycles. The van der Waals surface area contributed by atoms with E-state index in [1.807, 2.05) is 58.9 Å². The van der Waals surface area contributed by atoms with Crippen LogP contribution in [-0.4, -0.2) is 54.9 Å². The van der Waals surface area contributed by atoms with Gasteiger partial charge in [-0.1, -0.05) is 17.7 Å². The third kappa shape index (κ3) is 4.01. The van der Waals surface area contributed by atoms with Crippen molar-refractivity contribution in [2.75, 3.05) is 11.9 Å². The van der Waals surface area contributed by atoms with Gasteiger partial charge in [0.05, 0.1) is 12.6 Å². The number of ether oxygens (including phenoxy) is 5. The average molecular weight is 392 g/mol. The summed E-state index contributed by atoms with van der Waals surface area (Å²) < 4.78 is 29.6. The minimum Gasteiger partial charge on any atom is -0.348 e. The Kier molecular flexibility index (Phi) is 4.87. The van der Waals surface area contributed by atoms with E-state index in [4.69, 9.17) is 23.7 Å². The number of benzene rings is 1. The Morgan fingerprint density at radius 1 is 1.00 bits per heavy atom. The third-order valence-corrected chi connectivity index (χ3v) is 5.09. The molecule has 0 bridgehead atoms. The Morgan fingerprint density at radius 2 is 1.71 bits per heavy atom. The van der Waals surface area contributed by atoms with E-state index < -0.39 is 36.1 Å². The van der Waals surface area contributed by atoms with Crippen LogP contribution in [0.2, 0.25) is 0 Å². The first-order valence-corrected chi connectivity index (χ1v) is 9.59. The molecule has 0 aliphatic carbocycles. The van der Waals surface area contributed by atoms with Crippen LogP contribution in [0, 0.1) is 6.92 Å². The van der Waals surface area contributed by atoms with Crippen LogP contribution in [0.25, 0.3) is 0 Å². The lowest BCUT2D eigenvalue weighted by atomic mass is 10.0. The Bertz CT molecular complexity index is 735. The summed E-state index contributed by atoms with van der Waals surface area (Å²) in [6.45, 7) is 9.72. The van der Waals surface area contributed by atoms with E-state index in [2.05, 4.69) is 10.6 Å². The van der Waals surface area contributed by atoms with Crippen molar-refractivity contribution in [3.8, 4) is 0 Å². The predicted molar refractivity (Wildman–Crippen MR) is 101 cm³/mol. The molecule has 28 heavy (non-hydrogen) atoms. The fraction of sp³-hybridized carbons (Fsp3) is 0.650. The third-order valence-electron chi connectivity index (χ3n) is 5.09. The smallest absolute Gasteiger partial charge is 0.319 e. The molecule has 154 valence electrons. The highest BCUT2D eigenvalue weighted by atomic mass is 16.8. The summed E-state index contributed by atoms with van der Waals surface area (Å²) in [7, 11) is 0. The zero-order valence-corrected chi connectivity index (χ0v) is 16.9. The Balaban J connectivity index is 1.48. The average Bonchev–Trinajstić information content (AvgIpc) is 3.20. The van der Waals surface area contributed by atoms with Crippen LogP contribution in [0.3, 0.4) is 0 Å². The molecule has 2 amide bonds. The standard InChI is InChI=1S/C20H28N2O6/c1-11-6-8-12(9-7-11)21-18(23)22-14-15(13-10-24-19(2,3)26-13)25-17-16(14)27-20(4,5)28-17/h6-9,13-17H,10H2,1-5H3,(H2,21,22,23)/t13-,14+,15-,16-,17-/m1/s1. The molecular weight excluding hydrogens is 364 g/mol. The molecule has 8 nitrogen and oxygen atoms in total. The second kappa shape index (κ2) is 6.96. The van der Waals surface area contributed by atoms with Gasteiger partial charge in [0.1, 0.15) is 18.3 Å². The van der Waals surface area contributed by atoms with Gasteiger partial charge < -0.3 is 34.3 Å². The molecule has 8 heteroatoms. The van der Waals surface area contributed by atoms with Crippen LogP contribution in [-0.2, 0) is 23.7 Å². The molecule has 0 radical (unpaired) electrons. The number of amides is 2. The molecule has 4 rings (SSSR count). The minimum absolute atomic E-state index is 0.333. The van der Waals surface area contributed by atoms with Gasteiger partial charge in [0.2, 0.25) is 0 Å². The number of aryl methyl sites for hydroxylation is 1. The first-order valence-electron chi connectivity index (χ1n) is 9.59. The summed E-state index contributed by atoms with van der Waals surface area (Å²) in [5.41, 5.74) is 1.83. The summed E-state index contributed by atoms with van der Waals surface area (Å²) in [5, 5.41) is 5.84. The van der Waals surface area contributed by atoms with Crippen LogP contribution in [0.1, 0.15) is 33.3 Å². The molecule has 0 spiro atoms. The molecule has 1 aromatic rings. The van der Waals surface area contributed by atoms with Crippen LogP contribution in [0.4, 0.5) is 10.5 Å². The molecule has 3 heterocycles. The molecule has 0 aromatic heterocycles. The molecule has 3 aliphatic rings. The first-order chi connectivity index (χ1) is 13.1. The quantitative estimate of drug-likeness (QED) is 0.822. The number of fused-ring (bicyclic) bond motifs is 1. The van der Waals surface area contributed by atoms with Gasteiger partial charge in [-0.3, -0.25) is 0 Å². The van der Waals surface area contributed by atoms with Gasteiger partial charge in [-0.05, 0) is 46.8 Å². The first kappa shape index (κ1) is 19.6. The SMILES string of the molecule is Cc1ccc(NC(=O)N[C@@H]2[C@H]3OC(C)(C)O[C@H]3O[C@@H]2[C@H]2COC(C)(C)O2)cc1. The van der Waals surface area contributed by atoms with Gasteiger partial charge in [-0.2, -0.15) is 0 Å². The minimum atomic E-state index is -0.778. The Morgan fingerprint density at radius 3 is 2.36 bits per heavy atom.